The van der Waals surface area contributed by atoms with Crippen molar-refractivity contribution in [3.63, 3.8) is 0 Å². The zero-order chi connectivity index (χ0) is 21.4. The molecule has 0 saturated carbocycles. The van der Waals surface area contributed by atoms with Gasteiger partial charge in [-0.3, -0.25) is 24.1 Å². The van der Waals surface area contributed by atoms with Crippen LogP contribution in [0.5, 0.6) is 0 Å². The maximum Gasteiger partial charge on any atom is 0.262 e. The largest absolute Gasteiger partial charge is 0.352 e. The summed E-state index contributed by atoms with van der Waals surface area (Å²) in [7, 11) is 0. The van der Waals surface area contributed by atoms with Gasteiger partial charge in [-0.2, -0.15) is 0 Å². The van der Waals surface area contributed by atoms with Gasteiger partial charge in [0.1, 0.15) is 11.0 Å². The highest BCUT2D eigenvalue weighted by atomic mass is 32.1. The molecule has 0 radical (unpaired) electrons. The van der Waals surface area contributed by atoms with E-state index in [1.807, 2.05) is 6.92 Å². The van der Waals surface area contributed by atoms with E-state index in [1.165, 1.54) is 18.3 Å². The number of nitrogens with one attached hydrogen (secondary N) is 2. The number of aryl methyl sites for hydroxylation is 1. The number of imide groups is 1. The van der Waals surface area contributed by atoms with Crippen LogP contribution >= 0.6 is 11.3 Å². The number of amides is 4. The lowest BCUT2D eigenvalue weighted by atomic mass is 9.95. The van der Waals surface area contributed by atoms with Gasteiger partial charge in [-0.15, -0.1) is 11.3 Å². The minimum absolute atomic E-state index is 0.208. The molecule has 2 aliphatic rings. The van der Waals surface area contributed by atoms with Crippen LogP contribution < -0.4 is 10.6 Å². The molecule has 1 aliphatic heterocycles. The molecule has 2 N–H and O–H groups in total. The van der Waals surface area contributed by atoms with Crippen molar-refractivity contribution < 1.29 is 19.2 Å². The van der Waals surface area contributed by atoms with Crippen molar-refractivity contribution in [2.24, 2.45) is 0 Å². The van der Waals surface area contributed by atoms with Crippen LogP contribution in [0, 0.1) is 0 Å². The second-order valence-corrected chi connectivity index (χ2v) is 8.57. The van der Waals surface area contributed by atoms with Crippen LogP contribution in [0.2, 0.25) is 0 Å². The van der Waals surface area contributed by atoms with Gasteiger partial charge in [0.15, 0.2) is 0 Å². The molecule has 0 fully saturated rings. The Bertz CT molecular complexity index is 1020. The predicted molar refractivity (Wildman–Crippen MR) is 114 cm³/mol. The molecular weight excluding hydrogens is 402 g/mol. The number of hydrogen-bond acceptors (Lipinski definition) is 5. The summed E-state index contributed by atoms with van der Waals surface area (Å²) in [6, 6.07) is 5.54. The fourth-order valence-electron chi connectivity index (χ4n) is 4.04. The van der Waals surface area contributed by atoms with E-state index in [-0.39, 0.29) is 5.91 Å². The lowest BCUT2D eigenvalue weighted by Crippen LogP contribution is -2.45. The molecule has 0 saturated heterocycles. The normalized spacial score (nSPS) is 16.1. The van der Waals surface area contributed by atoms with E-state index < -0.39 is 23.8 Å². The third-order valence-electron chi connectivity index (χ3n) is 5.56. The Morgan fingerprint density at radius 1 is 1.10 bits per heavy atom. The van der Waals surface area contributed by atoms with Crippen molar-refractivity contribution in [2.45, 2.75) is 45.6 Å². The van der Waals surface area contributed by atoms with E-state index >= 15 is 0 Å². The first-order valence-corrected chi connectivity index (χ1v) is 11.0. The predicted octanol–water partition coefficient (Wildman–Crippen LogP) is 3.00. The minimum atomic E-state index is -1.00. The van der Waals surface area contributed by atoms with E-state index in [9.17, 15) is 19.2 Å². The molecule has 1 aromatic heterocycles. The zero-order valence-corrected chi connectivity index (χ0v) is 17.7. The van der Waals surface area contributed by atoms with Gasteiger partial charge < -0.3 is 10.6 Å². The molecule has 2 heterocycles. The molecule has 1 aliphatic carbocycles. The van der Waals surface area contributed by atoms with Crippen LogP contribution in [0.4, 0.5) is 5.00 Å². The number of nitrogens with zero attached hydrogens (tertiary/aromatic N) is 1. The number of carbonyl (C=O) groups is 4. The monoisotopic (exact) mass is 425 g/mol. The lowest BCUT2D eigenvalue weighted by Gasteiger charge is -2.21. The Morgan fingerprint density at radius 3 is 2.37 bits per heavy atom. The van der Waals surface area contributed by atoms with E-state index in [2.05, 4.69) is 10.6 Å². The summed E-state index contributed by atoms with van der Waals surface area (Å²) in [6.45, 7) is 3.86. The van der Waals surface area contributed by atoms with Crippen LogP contribution in [-0.2, 0) is 17.6 Å². The third-order valence-corrected chi connectivity index (χ3v) is 6.77. The topological polar surface area (TPSA) is 95.6 Å². The van der Waals surface area contributed by atoms with Gasteiger partial charge in [-0.1, -0.05) is 12.1 Å². The molecule has 0 bridgehead atoms. The summed E-state index contributed by atoms with van der Waals surface area (Å²) in [4.78, 5) is 53.2. The van der Waals surface area contributed by atoms with Crippen LogP contribution in [-0.4, -0.2) is 41.1 Å². The van der Waals surface area contributed by atoms with Gasteiger partial charge in [0.25, 0.3) is 17.7 Å². The van der Waals surface area contributed by atoms with Crippen LogP contribution in [0.25, 0.3) is 0 Å². The molecule has 7 nitrogen and oxygen atoms in total. The van der Waals surface area contributed by atoms with Gasteiger partial charge in [-0.25, -0.2) is 0 Å². The highest BCUT2D eigenvalue weighted by Gasteiger charge is 2.41. The number of rotatable bonds is 5. The van der Waals surface area contributed by atoms with Crippen LogP contribution in [0.15, 0.2) is 24.3 Å². The van der Waals surface area contributed by atoms with Crippen LogP contribution in [0.1, 0.15) is 68.2 Å². The molecule has 4 rings (SSSR count). The second kappa shape index (κ2) is 8.02. The molecule has 156 valence electrons. The summed E-state index contributed by atoms with van der Waals surface area (Å²) in [5, 5.41) is 6.13. The maximum absolute atomic E-state index is 13.0. The molecule has 1 atom stereocenters. The summed E-state index contributed by atoms with van der Waals surface area (Å²) < 4.78 is 0. The minimum Gasteiger partial charge on any atom is -0.352 e. The molecule has 0 unspecified atom stereocenters. The highest BCUT2D eigenvalue weighted by Crippen LogP contribution is 2.38. The first-order chi connectivity index (χ1) is 14.4. The number of fused-ring (bicyclic) bond motifs is 2. The Labute approximate surface area is 178 Å². The number of anilines is 1. The van der Waals surface area contributed by atoms with Crippen molar-refractivity contribution in [2.75, 3.05) is 11.9 Å². The van der Waals surface area contributed by atoms with Crippen molar-refractivity contribution in [1.29, 1.82) is 0 Å². The Balaban J connectivity index is 1.60. The van der Waals surface area contributed by atoms with Crippen molar-refractivity contribution in [3.05, 3.63) is 51.4 Å². The summed E-state index contributed by atoms with van der Waals surface area (Å²) in [6.07, 6.45) is 3.76. The summed E-state index contributed by atoms with van der Waals surface area (Å²) >= 11 is 1.41. The van der Waals surface area contributed by atoms with Gasteiger partial charge in [0.2, 0.25) is 5.91 Å². The number of carbonyl (C=O) groups excluding carboxylic acids is 4. The number of thiophene rings is 1. The van der Waals surface area contributed by atoms with E-state index in [0.717, 1.165) is 41.0 Å². The van der Waals surface area contributed by atoms with E-state index in [4.69, 9.17) is 0 Å². The SMILES string of the molecule is CCNC(=O)c1c(NC(=O)[C@@H](C)N2C(=O)c3ccccc3C2=O)sc2c1CCCC2. The quantitative estimate of drug-likeness (QED) is 0.720. The molecule has 0 spiro atoms. The highest BCUT2D eigenvalue weighted by molar-refractivity contribution is 7.17. The van der Waals surface area contributed by atoms with Gasteiger partial charge >= 0.3 is 0 Å². The van der Waals surface area contributed by atoms with Crippen molar-refractivity contribution in [1.82, 2.24) is 10.2 Å². The Hall–Kier alpha value is -3.00. The second-order valence-electron chi connectivity index (χ2n) is 7.47. The summed E-state index contributed by atoms with van der Waals surface area (Å²) in [5.41, 5.74) is 2.12. The van der Waals surface area contributed by atoms with Gasteiger partial charge in [0.05, 0.1) is 16.7 Å². The molecule has 8 heteroatoms. The molecule has 30 heavy (non-hydrogen) atoms. The van der Waals surface area contributed by atoms with Gasteiger partial charge in [-0.05, 0) is 57.2 Å². The fraction of sp³-hybridized carbons (Fsp3) is 0.364. The smallest absolute Gasteiger partial charge is 0.262 e. The number of hydrogen-bond donors (Lipinski definition) is 2. The standard InChI is InChI=1S/C22H23N3O4S/c1-3-23-19(27)17-15-10-6-7-11-16(15)30-20(17)24-18(26)12(2)25-21(28)13-8-4-5-9-14(13)22(25)29/h4-5,8-9,12H,3,6-7,10-11H2,1-2H3,(H,23,27)(H,24,26)/t12-/m1/s1. The summed E-state index contributed by atoms with van der Waals surface area (Å²) in [5.74, 6) is -1.66. The molecule has 2 aromatic rings. The van der Waals surface area contributed by atoms with E-state index in [1.54, 1.807) is 24.3 Å². The third kappa shape index (κ3) is 3.31. The Kier molecular flexibility index (Phi) is 5.42. The Morgan fingerprint density at radius 2 is 1.73 bits per heavy atom. The molecule has 4 amide bonds. The average molecular weight is 426 g/mol. The first-order valence-electron chi connectivity index (χ1n) is 10.1. The lowest BCUT2D eigenvalue weighted by molar-refractivity contribution is -0.119. The zero-order valence-electron chi connectivity index (χ0n) is 16.9. The average Bonchev–Trinajstić information content (AvgIpc) is 3.22. The maximum atomic E-state index is 13.0. The molecular formula is C22H23N3O4S. The first kappa shape index (κ1) is 20.3. The van der Waals surface area contributed by atoms with Crippen molar-refractivity contribution >= 4 is 40.0 Å². The number of benzene rings is 1. The molecule has 1 aromatic carbocycles. The van der Waals surface area contributed by atoms with Gasteiger partial charge in [0, 0.05) is 11.4 Å². The van der Waals surface area contributed by atoms with E-state index in [0.29, 0.717) is 28.2 Å². The fourth-order valence-corrected chi connectivity index (χ4v) is 5.33. The van der Waals surface area contributed by atoms with Crippen LogP contribution in [0.3, 0.4) is 0 Å². The van der Waals surface area contributed by atoms with Crippen molar-refractivity contribution in [3.8, 4) is 0 Å².